The van der Waals surface area contributed by atoms with Crippen molar-refractivity contribution in [2.45, 2.75) is 19.0 Å². The van der Waals surface area contributed by atoms with Crippen LogP contribution in [0, 0.1) is 5.82 Å². The highest BCUT2D eigenvalue weighted by atomic mass is 19.4. The third-order valence-corrected chi connectivity index (χ3v) is 5.05. The van der Waals surface area contributed by atoms with Crippen LogP contribution in [0.3, 0.4) is 0 Å². The molecule has 2 amide bonds. The molecule has 1 aliphatic heterocycles. The second-order valence-corrected chi connectivity index (χ2v) is 7.43. The fraction of sp³-hybridized carbons (Fsp3) is 0.167. The summed E-state index contributed by atoms with van der Waals surface area (Å²) < 4.78 is 65.2. The Kier molecular flexibility index (Phi) is 6.40. The minimum atomic E-state index is -4.81. The van der Waals surface area contributed by atoms with Gasteiger partial charge in [0.2, 0.25) is 12.7 Å². The SMILES string of the molecule is O=C(CCc1ccc2c(c1)OCO2)Nc1ccc(NC(=O)c2ccccc2F)cc1C(F)(F)F. The number of rotatable bonds is 6. The predicted octanol–water partition coefficient (Wildman–Crippen LogP) is 5.40. The molecule has 34 heavy (non-hydrogen) atoms. The number of carbonyl (C=O) groups is 2. The number of carbonyl (C=O) groups excluding carboxylic acids is 2. The fourth-order valence-corrected chi connectivity index (χ4v) is 3.38. The van der Waals surface area contributed by atoms with Gasteiger partial charge in [-0.3, -0.25) is 9.59 Å². The summed E-state index contributed by atoms with van der Waals surface area (Å²) >= 11 is 0. The molecule has 0 aromatic heterocycles. The van der Waals surface area contributed by atoms with Gasteiger partial charge < -0.3 is 20.1 Å². The zero-order valence-electron chi connectivity index (χ0n) is 17.5. The molecule has 0 saturated heterocycles. The molecule has 0 radical (unpaired) electrons. The van der Waals surface area contributed by atoms with Crippen LogP contribution in [0.15, 0.2) is 60.7 Å². The van der Waals surface area contributed by atoms with Gasteiger partial charge in [-0.2, -0.15) is 13.2 Å². The number of ether oxygens (including phenoxy) is 2. The van der Waals surface area contributed by atoms with E-state index in [1.54, 1.807) is 18.2 Å². The van der Waals surface area contributed by atoms with Gasteiger partial charge in [0.1, 0.15) is 5.82 Å². The van der Waals surface area contributed by atoms with Crippen LogP contribution in [-0.4, -0.2) is 18.6 Å². The molecule has 3 aromatic carbocycles. The van der Waals surface area contributed by atoms with Crippen LogP contribution in [0.4, 0.5) is 28.9 Å². The summed E-state index contributed by atoms with van der Waals surface area (Å²) in [4.78, 5) is 24.6. The Morgan fingerprint density at radius 2 is 1.68 bits per heavy atom. The first kappa shape index (κ1) is 23.1. The van der Waals surface area contributed by atoms with Gasteiger partial charge in [0.05, 0.1) is 16.8 Å². The van der Waals surface area contributed by atoms with E-state index in [0.29, 0.717) is 17.6 Å². The topological polar surface area (TPSA) is 76.7 Å². The molecule has 176 valence electrons. The summed E-state index contributed by atoms with van der Waals surface area (Å²) in [5.41, 5.74) is -1.33. The third kappa shape index (κ3) is 5.28. The Morgan fingerprint density at radius 1 is 0.912 bits per heavy atom. The molecule has 0 atom stereocenters. The standard InChI is InChI=1S/C24H18F4N2O4/c25-18-4-2-1-3-16(18)23(32)29-15-7-8-19(17(12-15)24(26,27)28)30-22(31)10-6-14-5-9-20-21(11-14)34-13-33-20/h1-5,7-9,11-12H,6,10,13H2,(H,29,32)(H,30,31). The molecular formula is C24H18F4N2O4. The van der Waals surface area contributed by atoms with E-state index in [1.807, 2.05) is 0 Å². The molecule has 0 unspecified atom stereocenters. The molecule has 2 N–H and O–H groups in total. The van der Waals surface area contributed by atoms with Gasteiger partial charge >= 0.3 is 6.18 Å². The molecule has 6 nitrogen and oxygen atoms in total. The summed E-state index contributed by atoms with van der Waals surface area (Å²) in [6.07, 6.45) is -4.60. The van der Waals surface area contributed by atoms with Crippen LogP contribution in [0.5, 0.6) is 11.5 Å². The Balaban J connectivity index is 1.45. The first-order chi connectivity index (χ1) is 16.2. The number of anilines is 2. The minimum absolute atomic E-state index is 0.0668. The lowest BCUT2D eigenvalue weighted by Gasteiger charge is -2.16. The van der Waals surface area contributed by atoms with Gasteiger partial charge in [0, 0.05) is 12.1 Å². The van der Waals surface area contributed by atoms with Crippen LogP contribution >= 0.6 is 0 Å². The molecule has 0 spiro atoms. The molecule has 1 heterocycles. The first-order valence-electron chi connectivity index (χ1n) is 10.2. The number of hydrogen-bond donors (Lipinski definition) is 2. The lowest BCUT2D eigenvalue weighted by molar-refractivity contribution is -0.136. The quantitative estimate of drug-likeness (QED) is 0.470. The number of fused-ring (bicyclic) bond motifs is 1. The fourth-order valence-electron chi connectivity index (χ4n) is 3.38. The van der Waals surface area contributed by atoms with Crippen molar-refractivity contribution < 1.29 is 36.6 Å². The van der Waals surface area contributed by atoms with Crippen molar-refractivity contribution in [3.8, 4) is 11.5 Å². The van der Waals surface area contributed by atoms with Gasteiger partial charge in [-0.15, -0.1) is 0 Å². The molecule has 0 fully saturated rings. The van der Waals surface area contributed by atoms with Crippen molar-refractivity contribution in [3.63, 3.8) is 0 Å². The molecule has 3 aromatic rings. The van der Waals surface area contributed by atoms with Crippen molar-refractivity contribution >= 4 is 23.2 Å². The number of hydrogen-bond acceptors (Lipinski definition) is 4. The number of halogens is 4. The van der Waals surface area contributed by atoms with Crippen molar-refractivity contribution in [1.82, 2.24) is 0 Å². The van der Waals surface area contributed by atoms with Crippen LogP contribution in [-0.2, 0) is 17.4 Å². The molecular weight excluding hydrogens is 456 g/mol. The normalized spacial score (nSPS) is 12.4. The lowest BCUT2D eigenvalue weighted by Crippen LogP contribution is -2.18. The first-order valence-corrected chi connectivity index (χ1v) is 10.2. The Labute approximate surface area is 191 Å². The van der Waals surface area contributed by atoms with Gasteiger partial charge in [-0.1, -0.05) is 18.2 Å². The zero-order chi connectivity index (χ0) is 24.3. The van der Waals surface area contributed by atoms with E-state index in [2.05, 4.69) is 10.6 Å². The monoisotopic (exact) mass is 474 g/mol. The molecule has 1 aliphatic rings. The van der Waals surface area contributed by atoms with Crippen molar-refractivity contribution in [2.24, 2.45) is 0 Å². The predicted molar refractivity (Wildman–Crippen MR) is 115 cm³/mol. The Bertz CT molecular complexity index is 1240. The van der Waals surface area contributed by atoms with E-state index in [0.717, 1.165) is 17.7 Å². The highest BCUT2D eigenvalue weighted by Gasteiger charge is 2.34. The maximum Gasteiger partial charge on any atom is 0.418 e. The van der Waals surface area contributed by atoms with Crippen molar-refractivity contribution in [1.29, 1.82) is 0 Å². The van der Waals surface area contributed by atoms with E-state index in [9.17, 15) is 27.2 Å². The van der Waals surface area contributed by atoms with E-state index in [1.165, 1.54) is 24.3 Å². The van der Waals surface area contributed by atoms with E-state index >= 15 is 0 Å². The van der Waals surface area contributed by atoms with Gasteiger partial charge in [-0.25, -0.2) is 4.39 Å². The van der Waals surface area contributed by atoms with Crippen LogP contribution < -0.4 is 20.1 Å². The van der Waals surface area contributed by atoms with E-state index in [-0.39, 0.29) is 30.9 Å². The van der Waals surface area contributed by atoms with Gasteiger partial charge in [-0.05, 0) is 54.4 Å². The second-order valence-electron chi connectivity index (χ2n) is 7.43. The summed E-state index contributed by atoms with van der Waals surface area (Å²) in [6.45, 7) is 0.107. The molecule has 4 rings (SSSR count). The van der Waals surface area contributed by atoms with Gasteiger partial charge in [0.15, 0.2) is 11.5 Å². The highest BCUT2D eigenvalue weighted by molar-refractivity contribution is 6.04. The number of benzene rings is 3. The summed E-state index contributed by atoms with van der Waals surface area (Å²) in [5.74, 6) is -1.18. The molecule has 0 aliphatic carbocycles. The number of alkyl halides is 3. The highest BCUT2D eigenvalue weighted by Crippen LogP contribution is 2.37. The van der Waals surface area contributed by atoms with E-state index in [4.69, 9.17) is 9.47 Å². The second kappa shape index (κ2) is 9.42. The molecule has 0 saturated carbocycles. The maximum absolute atomic E-state index is 13.8. The smallest absolute Gasteiger partial charge is 0.418 e. The third-order valence-electron chi connectivity index (χ3n) is 5.05. The number of nitrogens with one attached hydrogen (secondary N) is 2. The average Bonchev–Trinajstić information content (AvgIpc) is 3.26. The Hall–Kier alpha value is -4.08. The summed E-state index contributed by atoms with van der Waals surface area (Å²) in [7, 11) is 0. The summed E-state index contributed by atoms with van der Waals surface area (Å²) in [6, 6.07) is 13.2. The van der Waals surface area contributed by atoms with Crippen LogP contribution in [0.2, 0.25) is 0 Å². The average molecular weight is 474 g/mol. The largest absolute Gasteiger partial charge is 0.454 e. The van der Waals surface area contributed by atoms with Crippen molar-refractivity contribution in [3.05, 3.63) is 83.2 Å². The molecule has 10 heteroatoms. The zero-order valence-corrected chi connectivity index (χ0v) is 17.5. The molecule has 0 bridgehead atoms. The minimum Gasteiger partial charge on any atom is -0.454 e. The van der Waals surface area contributed by atoms with E-state index < -0.39 is 35.1 Å². The summed E-state index contributed by atoms with van der Waals surface area (Å²) in [5, 5.41) is 4.52. The lowest BCUT2D eigenvalue weighted by atomic mass is 10.1. The van der Waals surface area contributed by atoms with Crippen molar-refractivity contribution in [2.75, 3.05) is 17.4 Å². The van der Waals surface area contributed by atoms with Gasteiger partial charge in [0.25, 0.3) is 5.91 Å². The number of amides is 2. The number of aryl methyl sites for hydroxylation is 1. The van der Waals surface area contributed by atoms with Crippen LogP contribution in [0.25, 0.3) is 0 Å². The van der Waals surface area contributed by atoms with Crippen LogP contribution in [0.1, 0.15) is 27.9 Å². The maximum atomic E-state index is 13.8. The Morgan fingerprint density at radius 3 is 2.44 bits per heavy atom.